The maximum atomic E-state index is 12.7. The van der Waals surface area contributed by atoms with Gasteiger partial charge in [0.2, 0.25) is 5.95 Å². The van der Waals surface area contributed by atoms with Crippen LogP contribution in [-0.4, -0.2) is 14.8 Å². The standard InChI is InChI=1S/C14H17F3N4/c1-4-9-5-6-11(10(7-9)8(2)3)21-13(18)19-12(20-21)14(15,16)17/h5-8H,4H2,1-3H3,(H2,18,19,20). The molecule has 0 aliphatic rings. The number of nitrogens with zero attached hydrogens (tertiary/aromatic N) is 3. The van der Waals surface area contributed by atoms with Crippen molar-refractivity contribution in [3.05, 3.63) is 35.2 Å². The molecule has 2 rings (SSSR count). The van der Waals surface area contributed by atoms with E-state index < -0.39 is 12.0 Å². The van der Waals surface area contributed by atoms with Crippen molar-refractivity contribution in [3.63, 3.8) is 0 Å². The van der Waals surface area contributed by atoms with Crippen LogP contribution in [0.2, 0.25) is 0 Å². The highest BCUT2D eigenvalue weighted by atomic mass is 19.4. The lowest BCUT2D eigenvalue weighted by Gasteiger charge is -2.14. The number of hydrogen-bond donors (Lipinski definition) is 1. The zero-order valence-electron chi connectivity index (χ0n) is 12.1. The minimum atomic E-state index is -4.61. The Morgan fingerprint density at radius 2 is 1.95 bits per heavy atom. The molecule has 0 radical (unpaired) electrons. The van der Waals surface area contributed by atoms with Gasteiger partial charge in [-0.1, -0.05) is 32.9 Å². The molecule has 2 N–H and O–H groups in total. The molecule has 0 bridgehead atoms. The fourth-order valence-electron chi connectivity index (χ4n) is 2.10. The minimum absolute atomic E-state index is 0.129. The van der Waals surface area contributed by atoms with Crippen LogP contribution in [0, 0.1) is 0 Å². The smallest absolute Gasteiger partial charge is 0.368 e. The Morgan fingerprint density at radius 3 is 2.43 bits per heavy atom. The average Bonchev–Trinajstić information content (AvgIpc) is 2.80. The van der Waals surface area contributed by atoms with Crippen molar-refractivity contribution in [2.75, 3.05) is 5.73 Å². The lowest BCUT2D eigenvalue weighted by molar-refractivity contribution is -0.144. The second-order valence-corrected chi connectivity index (χ2v) is 5.10. The van der Waals surface area contributed by atoms with Crippen LogP contribution in [0.15, 0.2) is 18.2 Å². The van der Waals surface area contributed by atoms with E-state index in [1.165, 1.54) is 0 Å². The van der Waals surface area contributed by atoms with Gasteiger partial charge in [0, 0.05) is 0 Å². The number of nitrogens with two attached hydrogens (primary N) is 1. The highest BCUT2D eigenvalue weighted by Gasteiger charge is 2.37. The summed E-state index contributed by atoms with van der Waals surface area (Å²) in [5.74, 6) is -1.37. The Balaban J connectivity index is 2.59. The molecule has 0 amide bonds. The lowest BCUT2D eigenvalue weighted by atomic mass is 9.98. The Bertz CT molecular complexity index is 644. The molecule has 0 aliphatic heterocycles. The van der Waals surface area contributed by atoms with Crippen molar-refractivity contribution in [1.82, 2.24) is 14.8 Å². The summed E-state index contributed by atoms with van der Waals surface area (Å²) in [6.07, 6.45) is -3.76. The van der Waals surface area contributed by atoms with Crippen molar-refractivity contribution < 1.29 is 13.2 Å². The van der Waals surface area contributed by atoms with E-state index in [9.17, 15) is 13.2 Å². The van der Waals surface area contributed by atoms with Crippen LogP contribution in [0.1, 0.15) is 43.6 Å². The van der Waals surface area contributed by atoms with E-state index >= 15 is 0 Å². The van der Waals surface area contributed by atoms with Gasteiger partial charge in [-0.3, -0.25) is 0 Å². The number of rotatable bonds is 3. The molecule has 1 aromatic carbocycles. The highest BCUT2D eigenvalue weighted by molar-refractivity contribution is 5.48. The number of hydrogen-bond acceptors (Lipinski definition) is 3. The summed E-state index contributed by atoms with van der Waals surface area (Å²) >= 11 is 0. The largest absolute Gasteiger partial charge is 0.453 e. The van der Waals surface area contributed by atoms with Gasteiger partial charge < -0.3 is 5.73 Å². The van der Waals surface area contributed by atoms with E-state index in [4.69, 9.17) is 5.73 Å². The van der Waals surface area contributed by atoms with Crippen molar-refractivity contribution in [1.29, 1.82) is 0 Å². The maximum absolute atomic E-state index is 12.7. The first-order chi connectivity index (χ1) is 9.74. The monoisotopic (exact) mass is 298 g/mol. The summed E-state index contributed by atoms with van der Waals surface area (Å²) in [6.45, 7) is 5.96. The SMILES string of the molecule is CCc1ccc(-n2nc(C(F)(F)F)nc2N)c(C(C)C)c1. The normalized spacial score (nSPS) is 12.1. The van der Waals surface area contributed by atoms with Gasteiger partial charge in [-0.15, -0.1) is 5.10 Å². The topological polar surface area (TPSA) is 56.7 Å². The zero-order chi connectivity index (χ0) is 15.8. The molecule has 1 heterocycles. The third-order valence-electron chi connectivity index (χ3n) is 3.24. The van der Waals surface area contributed by atoms with Gasteiger partial charge in [0.15, 0.2) is 0 Å². The second-order valence-electron chi connectivity index (χ2n) is 5.10. The fourth-order valence-corrected chi connectivity index (χ4v) is 2.10. The molecule has 0 atom stereocenters. The first kappa shape index (κ1) is 15.3. The number of alkyl halides is 3. The molecular weight excluding hydrogens is 281 g/mol. The number of aryl methyl sites for hydroxylation is 1. The molecule has 0 fully saturated rings. The van der Waals surface area contributed by atoms with Crippen LogP contribution in [0.4, 0.5) is 19.1 Å². The van der Waals surface area contributed by atoms with Crippen LogP contribution in [0.5, 0.6) is 0 Å². The third kappa shape index (κ3) is 3.01. The van der Waals surface area contributed by atoms with Gasteiger partial charge >= 0.3 is 6.18 Å². The molecule has 4 nitrogen and oxygen atoms in total. The molecule has 1 aromatic heterocycles. The predicted octanol–water partition coefficient (Wildman–Crippen LogP) is 3.55. The van der Waals surface area contributed by atoms with Crippen LogP contribution in [-0.2, 0) is 12.6 Å². The average molecular weight is 298 g/mol. The van der Waals surface area contributed by atoms with Gasteiger partial charge in [-0.05, 0) is 29.5 Å². The van der Waals surface area contributed by atoms with Crippen LogP contribution in [0.25, 0.3) is 5.69 Å². The Morgan fingerprint density at radius 1 is 1.29 bits per heavy atom. The third-order valence-corrected chi connectivity index (χ3v) is 3.24. The molecular formula is C14H17F3N4. The van der Waals surface area contributed by atoms with E-state index in [2.05, 4.69) is 10.1 Å². The van der Waals surface area contributed by atoms with Gasteiger partial charge in [-0.25, -0.2) is 0 Å². The highest BCUT2D eigenvalue weighted by Crippen LogP contribution is 2.30. The van der Waals surface area contributed by atoms with E-state index in [1.54, 1.807) is 6.07 Å². The number of nitrogen functional groups attached to an aromatic ring is 1. The van der Waals surface area contributed by atoms with Crippen molar-refractivity contribution in [3.8, 4) is 5.69 Å². The lowest BCUT2D eigenvalue weighted by Crippen LogP contribution is -2.10. The van der Waals surface area contributed by atoms with Crippen molar-refractivity contribution in [2.24, 2.45) is 0 Å². The maximum Gasteiger partial charge on any atom is 0.453 e. The molecule has 21 heavy (non-hydrogen) atoms. The van der Waals surface area contributed by atoms with Crippen LogP contribution in [0.3, 0.4) is 0 Å². The molecule has 0 saturated carbocycles. The van der Waals surface area contributed by atoms with Gasteiger partial charge in [-0.2, -0.15) is 22.8 Å². The summed E-state index contributed by atoms with van der Waals surface area (Å²) in [7, 11) is 0. The Labute approximate surface area is 120 Å². The summed E-state index contributed by atoms with van der Waals surface area (Å²) in [4.78, 5) is 3.31. The molecule has 7 heteroatoms. The number of aromatic nitrogens is 3. The number of benzene rings is 1. The van der Waals surface area contributed by atoms with E-state index in [0.717, 1.165) is 22.2 Å². The van der Waals surface area contributed by atoms with E-state index in [-0.39, 0.29) is 11.9 Å². The molecule has 2 aromatic rings. The second kappa shape index (κ2) is 5.38. The van der Waals surface area contributed by atoms with Crippen LogP contribution < -0.4 is 5.73 Å². The van der Waals surface area contributed by atoms with E-state index in [0.29, 0.717) is 5.69 Å². The molecule has 0 aliphatic carbocycles. The Hall–Kier alpha value is -2.05. The number of halogens is 3. The first-order valence-electron chi connectivity index (χ1n) is 6.67. The van der Waals surface area contributed by atoms with Gasteiger partial charge in [0.25, 0.3) is 5.82 Å². The molecule has 0 saturated heterocycles. The molecule has 0 unspecified atom stereocenters. The van der Waals surface area contributed by atoms with Crippen molar-refractivity contribution in [2.45, 2.75) is 39.3 Å². The van der Waals surface area contributed by atoms with Crippen molar-refractivity contribution >= 4 is 5.95 Å². The van der Waals surface area contributed by atoms with Gasteiger partial charge in [0.05, 0.1) is 5.69 Å². The Kier molecular flexibility index (Phi) is 3.93. The molecule has 114 valence electrons. The first-order valence-corrected chi connectivity index (χ1v) is 6.67. The minimum Gasteiger partial charge on any atom is -0.368 e. The summed E-state index contributed by atoms with van der Waals surface area (Å²) in [6, 6.07) is 5.56. The quantitative estimate of drug-likeness (QED) is 0.942. The number of anilines is 1. The molecule has 0 spiro atoms. The zero-order valence-corrected chi connectivity index (χ0v) is 12.1. The summed E-state index contributed by atoms with van der Waals surface area (Å²) in [5.41, 5.74) is 8.13. The predicted molar refractivity (Wildman–Crippen MR) is 74.2 cm³/mol. The van der Waals surface area contributed by atoms with E-state index in [1.807, 2.05) is 32.9 Å². The van der Waals surface area contributed by atoms with Gasteiger partial charge in [0.1, 0.15) is 0 Å². The summed E-state index contributed by atoms with van der Waals surface area (Å²) < 4.78 is 39.1. The fraction of sp³-hybridized carbons (Fsp3) is 0.429. The van der Waals surface area contributed by atoms with Crippen LogP contribution >= 0.6 is 0 Å². The summed E-state index contributed by atoms with van der Waals surface area (Å²) in [5, 5.41) is 3.51.